The molecule has 1 saturated carbocycles. The molecular formula is C17H15FN4O. The number of pyridine rings is 2. The Morgan fingerprint density at radius 1 is 1.35 bits per heavy atom. The molecule has 4 rings (SSSR count). The lowest BCUT2D eigenvalue weighted by Gasteiger charge is -2.04. The van der Waals surface area contributed by atoms with Crippen molar-refractivity contribution in [1.29, 1.82) is 0 Å². The van der Waals surface area contributed by atoms with Crippen LogP contribution >= 0.6 is 0 Å². The second-order valence-corrected chi connectivity index (χ2v) is 5.82. The molecule has 3 heterocycles. The average Bonchev–Trinajstić information content (AvgIpc) is 3.30. The first-order chi connectivity index (χ1) is 11.2. The molecular weight excluding hydrogens is 295 g/mol. The molecule has 1 fully saturated rings. The number of nitrogens with one attached hydrogen (secondary N) is 1. The molecule has 5 nitrogen and oxygen atoms in total. The number of carbonyl (C=O) groups is 1. The van der Waals surface area contributed by atoms with Crippen molar-refractivity contribution in [2.24, 2.45) is 5.92 Å². The fraction of sp³-hybridized carbons (Fsp3) is 0.235. The first kappa shape index (κ1) is 13.9. The molecule has 1 amide bonds. The number of aromatic nitrogens is 3. The van der Waals surface area contributed by atoms with Crippen LogP contribution in [-0.4, -0.2) is 20.4 Å². The van der Waals surface area contributed by atoms with Crippen LogP contribution in [0.4, 0.5) is 10.1 Å². The minimum absolute atomic E-state index is 0.115. The van der Waals surface area contributed by atoms with Crippen LogP contribution < -0.4 is 5.32 Å². The second kappa shape index (κ2) is 5.46. The summed E-state index contributed by atoms with van der Waals surface area (Å²) in [6.45, 7) is 0.888. The van der Waals surface area contributed by atoms with Crippen LogP contribution in [0.2, 0.25) is 0 Å². The van der Waals surface area contributed by atoms with Crippen LogP contribution in [-0.2, 0) is 6.54 Å². The second-order valence-electron chi connectivity index (χ2n) is 5.82. The van der Waals surface area contributed by atoms with Gasteiger partial charge < -0.3 is 9.88 Å². The lowest BCUT2D eigenvalue weighted by molar-refractivity contribution is 0.102. The van der Waals surface area contributed by atoms with Crippen molar-refractivity contribution in [3.8, 4) is 0 Å². The van der Waals surface area contributed by atoms with Crippen molar-refractivity contribution in [3.63, 3.8) is 0 Å². The average molecular weight is 310 g/mol. The van der Waals surface area contributed by atoms with Crippen molar-refractivity contribution >= 4 is 22.6 Å². The van der Waals surface area contributed by atoms with Gasteiger partial charge in [-0.2, -0.15) is 0 Å². The molecule has 0 aromatic carbocycles. The summed E-state index contributed by atoms with van der Waals surface area (Å²) in [4.78, 5) is 20.5. The van der Waals surface area contributed by atoms with Crippen molar-refractivity contribution in [1.82, 2.24) is 14.5 Å². The largest absolute Gasteiger partial charge is 0.345 e. The molecule has 0 atom stereocenters. The van der Waals surface area contributed by atoms with E-state index in [0.717, 1.165) is 18.3 Å². The van der Waals surface area contributed by atoms with Gasteiger partial charge in [-0.15, -0.1) is 0 Å². The quantitative estimate of drug-likeness (QED) is 0.805. The van der Waals surface area contributed by atoms with Crippen molar-refractivity contribution in [3.05, 3.63) is 54.4 Å². The van der Waals surface area contributed by atoms with Crippen molar-refractivity contribution < 1.29 is 9.18 Å². The molecule has 1 aliphatic rings. The molecule has 23 heavy (non-hydrogen) atoms. The highest BCUT2D eigenvalue weighted by Crippen LogP contribution is 2.32. The van der Waals surface area contributed by atoms with E-state index in [1.54, 1.807) is 6.20 Å². The van der Waals surface area contributed by atoms with Gasteiger partial charge in [-0.25, -0.2) is 4.39 Å². The molecule has 0 aliphatic heterocycles. The van der Waals surface area contributed by atoms with E-state index < -0.39 is 5.82 Å². The van der Waals surface area contributed by atoms with Crippen molar-refractivity contribution in [2.75, 3.05) is 5.32 Å². The van der Waals surface area contributed by atoms with E-state index in [-0.39, 0.29) is 11.6 Å². The number of hydrogen-bond donors (Lipinski definition) is 1. The summed E-state index contributed by atoms with van der Waals surface area (Å²) in [5, 5.41) is 2.59. The van der Waals surface area contributed by atoms with Gasteiger partial charge in [-0.1, -0.05) is 0 Å². The van der Waals surface area contributed by atoms with Gasteiger partial charge in [0.1, 0.15) is 5.52 Å². The first-order valence-electron chi connectivity index (χ1n) is 7.57. The third-order valence-electron chi connectivity index (χ3n) is 4.05. The topological polar surface area (TPSA) is 59.8 Å². The highest BCUT2D eigenvalue weighted by Gasteiger charge is 2.24. The molecule has 0 radical (unpaired) electrons. The van der Waals surface area contributed by atoms with Gasteiger partial charge in [-0.3, -0.25) is 14.8 Å². The Morgan fingerprint density at radius 3 is 3.00 bits per heavy atom. The maximum absolute atomic E-state index is 13.7. The van der Waals surface area contributed by atoms with E-state index in [2.05, 4.69) is 19.9 Å². The Balaban J connectivity index is 1.70. The van der Waals surface area contributed by atoms with Crippen LogP contribution in [0.25, 0.3) is 11.0 Å². The van der Waals surface area contributed by atoms with Crippen molar-refractivity contribution in [2.45, 2.75) is 19.4 Å². The number of hydrogen-bond acceptors (Lipinski definition) is 3. The third kappa shape index (κ3) is 2.67. The summed E-state index contributed by atoms with van der Waals surface area (Å²) in [5.74, 6) is -0.247. The van der Waals surface area contributed by atoms with Gasteiger partial charge in [0, 0.05) is 25.1 Å². The zero-order valence-electron chi connectivity index (χ0n) is 12.4. The van der Waals surface area contributed by atoms with E-state index in [9.17, 15) is 9.18 Å². The molecule has 6 heteroatoms. The SMILES string of the molecule is O=C(Nc1ccncc1F)c1cn(CC2CC2)c2cccnc12. The molecule has 1 aliphatic carbocycles. The van der Waals surface area contributed by atoms with E-state index in [1.165, 1.54) is 25.1 Å². The summed E-state index contributed by atoms with van der Waals surface area (Å²) in [6, 6.07) is 5.24. The Hall–Kier alpha value is -2.76. The number of halogens is 1. The minimum atomic E-state index is -0.560. The van der Waals surface area contributed by atoms with E-state index in [1.807, 2.05) is 18.3 Å². The van der Waals surface area contributed by atoms with Crippen LogP contribution in [0.15, 0.2) is 43.0 Å². The zero-order valence-corrected chi connectivity index (χ0v) is 12.4. The summed E-state index contributed by atoms with van der Waals surface area (Å²) < 4.78 is 15.7. The fourth-order valence-corrected chi connectivity index (χ4v) is 2.68. The predicted octanol–water partition coefficient (Wildman–Crippen LogP) is 3.23. The summed E-state index contributed by atoms with van der Waals surface area (Å²) in [5.41, 5.74) is 2.14. The molecule has 0 bridgehead atoms. The standard InChI is InChI=1S/C17H15FN4O/c18-13-8-19-7-5-14(13)21-17(23)12-10-22(9-11-3-4-11)15-2-1-6-20-16(12)15/h1-2,5-8,10-11H,3-4,9H2,(H,19,21,23). The van der Waals surface area contributed by atoms with Crippen LogP contribution in [0.5, 0.6) is 0 Å². The Labute approximate surface area is 132 Å². The fourth-order valence-electron chi connectivity index (χ4n) is 2.68. The number of carbonyl (C=O) groups excluding carboxylic acids is 1. The summed E-state index contributed by atoms with van der Waals surface area (Å²) in [7, 11) is 0. The number of nitrogens with zero attached hydrogens (tertiary/aromatic N) is 3. The van der Waals surface area contributed by atoms with Gasteiger partial charge in [0.25, 0.3) is 5.91 Å². The maximum atomic E-state index is 13.7. The molecule has 3 aromatic rings. The maximum Gasteiger partial charge on any atom is 0.259 e. The number of fused-ring (bicyclic) bond motifs is 1. The van der Waals surface area contributed by atoms with Gasteiger partial charge in [0.2, 0.25) is 0 Å². The summed E-state index contributed by atoms with van der Waals surface area (Å²) in [6.07, 6.45) is 8.43. The lowest BCUT2D eigenvalue weighted by atomic mass is 10.2. The number of amides is 1. The highest BCUT2D eigenvalue weighted by molar-refractivity contribution is 6.11. The Kier molecular flexibility index (Phi) is 3.29. The molecule has 3 aromatic heterocycles. The monoisotopic (exact) mass is 310 g/mol. The summed E-state index contributed by atoms with van der Waals surface area (Å²) >= 11 is 0. The smallest absolute Gasteiger partial charge is 0.259 e. The normalized spacial score (nSPS) is 14.1. The first-order valence-corrected chi connectivity index (χ1v) is 7.57. The van der Waals surface area contributed by atoms with E-state index in [0.29, 0.717) is 17.0 Å². The molecule has 0 unspecified atom stereocenters. The van der Waals surface area contributed by atoms with E-state index >= 15 is 0 Å². The molecule has 0 saturated heterocycles. The Morgan fingerprint density at radius 2 is 2.22 bits per heavy atom. The van der Waals surface area contributed by atoms with Crippen LogP contribution in [0, 0.1) is 11.7 Å². The molecule has 1 N–H and O–H groups in total. The van der Waals surface area contributed by atoms with Gasteiger partial charge in [0.15, 0.2) is 5.82 Å². The Bertz CT molecular complexity index is 885. The van der Waals surface area contributed by atoms with Crippen LogP contribution in [0.1, 0.15) is 23.2 Å². The zero-order chi connectivity index (χ0) is 15.8. The van der Waals surface area contributed by atoms with E-state index in [4.69, 9.17) is 0 Å². The highest BCUT2D eigenvalue weighted by atomic mass is 19.1. The predicted molar refractivity (Wildman–Crippen MR) is 84.6 cm³/mol. The van der Waals surface area contributed by atoms with Crippen LogP contribution in [0.3, 0.4) is 0 Å². The molecule has 0 spiro atoms. The third-order valence-corrected chi connectivity index (χ3v) is 4.05. The van der Waals surface area contributed by atoms with Gasteiger partial charge in [0.05, 0.1) is 23.0 Å². The number of anilines is 1. The van der Waals surface area contributed by atoms with Gasteiger partial charge >= 0.3 is 0 Å². The minimum Gasteiger partial charge on any atom is -0.345 e. The molecule has 116 valence electrons. The lowest BCUT2D eigenvalue weighted by Crippen LogP contribution is -2.13. The number of rotatable bonds is 4. The van der Waals surface area contributed by atoms with Gasteiger partial charge in [-0.05, 0) is 37.0 Å².